The first-order valence-electron chi connectivity index (χ1n) is 14.8. The number of fused-ring (bicyclic) bond motifs is 1. The SMILES string of the molecule is CNc1ccc2c(n1)C(C(C)C)C(=O)N(c1cc(NC(=O)Nc3cc(C(C)(C)C)nn3-c3ccc(C#N)cc3)c(F)cc1C)C2. The molecule has 3 N–H and O–H groups in total. The number of halogens is 1. The highest BCUT2D eigenvalue weighted by atomic mass is 19.1. The molecule has 0 spiro atoms. The first kappa shape index (κ1) is 31.2. The molecule has 3 heterocycles. The lowest BCUT2D eigenvalue weighted by atomic mass is 9.84. The van der Waals surface area contributed by atoms with Gasteiger partial charge in [-0.1, -0.05) is 40.7 Å². The Bertz CT molecular complexity index is 1820. The molecule has 1 unspecified atom stereocenters. The summed E-state index contributed by atoms with van der Waals surface area (Å²) in [5.41, 5.74) is 4.19. The second-order valence-electron chi connectivity index (χ2n) is 12.6. The Morgan fingerprint density at radius 1 is 1.09 bits per heavy atom. The number of nitrogens with zero attached hydrogens (tertiary/aromatic N) is 5. The van der Waals surface area contributed by atoms with Gasteiger partial charge in [0.25, 0.3) is 0 Å². The summed E-state index contributed by atoms with van der Waals surface area (Å²) in [5.74, 6) is -0.220. The molecule has 232 valence electrons. The van der Waals surface area contributed by atoms with Crippen LogP contribution in [0.15, 0.2) is 54.6 Å². The van der Waals surface area contributed by atoms with Crippen molar-refractivity contribution in [2.24, 2.45) is 5.92 Å². The summed E-state index contributed by atoms with van der Waals surface area (Å²) in [6, 6.07) is 16.6. The van der Waals surface area contributed by atoms with Crippen LogP contribution in [0.3, 0.4) is 0 Å². The van der Waals surface area contributed by atoms with E-state index in [0.29, 0.717) is 34.1 Å². The summed E-state index contributed by atoms with van der Waals surface area (Å²) in [6.45, 7) is 12.0. The number of nitrogens with one attached hydrogen (secondary N) is 3. The fraction of sp³-hybridized carbons (Fsp3) is 0.324. The molecule has 0 fully saturated rings. The van der Waals surface area contributed by atoms with E-state index in [1.807, 2.05) is 46.8 Å². The van der Waals surface area contributed by atoms with Gasteiger partial charge in [-0.2, -0.15) is 10.4 Å². The largest absolute Gasteiger partial charge is 0.373 e. The maximum absolute atomic E-state index is 15.3. The number of anilines is 4. The second kappa shape index (κ2) is 12.0. The third-order valence-corrected chi connectivity index (χ3v) is 7.88. The molecule has 5 rings (SSSR count). The summed E-state index contributed by atoms with van der Waals surface area (Å²) in [4.78, 5) is 33.5. The Morgan fingerprint density at radius 2 is 1.80 bits per heavy atom. The number of nitriles is 1. The van der Waals surface area contributed by atoms with Gasteiger partial charge in [0.1, 0.15) is 17.5 Å². The van der Waals surface area contributed by atoms with Gasteiger partial charge < -0.3 is 15.5 Å². The highest BCUT2D eigenvalue weighted by Gasteiger charge is 2.38. The molecule has 2 aromatic heterocycles. The van der Waals surface area contributed by atoms with Crippen molar-refractivity contribution in [3.8, 4) is 11.8 Å². The van der Waals surface area contributed by atoms with Crippen molar-refractivity contribution in [2.45, 2.75) is 59.4 Å². The van der Waals surface area contributed by atoms with Crippen LogP contribution in [0.25, 0.3) is 5.69 Å². The lowest BCUT2D eigenvalue weighted by molar-refractivity contribution is -0.121. The zero-order chi connectivity index (χ0) is 32.6. The Balaban J connectivity index is 1.45. The van der Waals surface area contributed by atoms with Crippen LogP contribution in [-0.4, -0.2) is 33.8 Å². The number of benzene rings is 2. The van der Waals surface area contributed by atoms with Crippen molar-refractivity contribution < 1.29 is 14.0 Å². The standard InChI is InChI=1S/C34H37FN8O2/c1-19(2)30-31-22(10-13-28(37-7)39-31)18-42(32(30)44)26-15-25(24(35)14-20(26)3)38-33(45)40-29-16-27(34(4,5)6)41-43(29)23-11-8-21(17-36)9-12-23/h8-16,19,30H,18H2,1-7H3,(H,37,39)(H2,38,40,45). The molecule has 0 saturated heterocycles. The van der Waals surface area contributed by atoms with Crippen LogP contribution in [0.2, 0.25) is 0 Å². The van der Waals surface area contributed by atoms with Crippen LogP contribution >= 0.6 is 0 Å². The van der Waals surface area contributed by atoms with Gasteiger partial charge in [0.15, 0.2) is 0 Å². The van der Waals surface area contributed by atoms with Gasteiger partial charge in [0.05, 0.1) is 46.9 Å². The molecule has 1 atom stereocenters. The molecule has 45 heavy (non-hydrogen) atoms. The van der Waals surface area contributed by atoms with Crippen LogP contribution < -0.4 is 20.9 Å². The Labute approximate surface area is 262 Å². The normalized spacial score (nSPS) is 14.6. The summed E-state index contributed by atoms with van der Waals surface area (Å²) < 4.78 is 16.9. The predicted octanol–water partition coefficient (Wildman–Crippen LogP) is 6.86. The van der Waals surface area contributed by atoms with E-state index in [0.717, 1.165) is 17.0 Å². The van der Waals surface area contributed by atoms with Crippen LogP contribution in [0.1, 0.15) is 68.6 Å². The third kappa shape index (κ3) is 6.22. The topological polar surface area (TPSA) is 128 Å². The van der Waals surface area contributed by atoms with Crippen LogP contribution in [-0.2, 0) is 16.8 Å². The third-order valence-electron chi connectivity index (χ3n) is 7.88. The molecular weight excluding hydrogens is 571 g/mol. The maximum Gasteiger partial charge on any atom is 0.324 e. The monoisotopic (exact) mass is 608 g/mol. The van der Waals surface area contributed by atoms with Crippen molar-refractivity contribution >= 4 is 34.9 Å². The number of rotatable bonds is 6. The van der Waals surface area contributed by atoms with Crippen molar-refractivity contribution in [3.05, 3.63) is 88.5 Å². The number of amides is 3. The molecule has 10 nitrogen and oxygen atoms in total. The van der Waals surface area contributed by atoms with E-state index in [9.17, 15) is 14.9 Å². The smallest absolute Gasteiger partial charge is 0.324 e. The molecule has 0 radical (unpaired) electrons. The van der Waals surface area contributed by atoms with E-state index < -0.39 is 17.8 Å². The molecule has 3 amide bonds. The van der Waals surface area contributed by atoms with Gasteiger partial charge in [-0.25, -0.2) is 18.9 Å². The fourth-order valence-electron chi connectivity index (χ4n) is 5.41. The molecular formula is C34H37FN8O2. The first-order valence-corrected chi connectivity index (χ1v) is 14.8. The first-order chi connectivity index (χ1) is 21.3. The van der Waals surface area contributed by atoms with E-state index in [1.54, 1.807) is 53.9 Å². The minimum atomic E-state index is -0.682. The van der Waals surface area contributed by atoms with E-state index in [2.05, 4.69) is 22.0 Å². The van der Waals surface area contributed by atoms with E-state index in [-0.39, 0.29) is 29.5 Å². The van der Waals surface area contributed by atoms with Gasteiger partial charge in [0.2, 0.25) is 5.91 Å². The number of carbonyl (C=O) groups is 2. The zero-order valence-corrected chi connectivity index (χ0v) is 26.5. The summed E-state index contributed by atoms with van der Waals surface area (Å²) >= 11 is 0. The minimum Gasteiger partial charge on any atom is -0.373 e. The molecule has 2 aromatic carbocycles. The van der Waals surface area contributed by atoms with E-state index in [4.69, 9.17) is 10.1 Å². The van der Waals surface area contributed by atoms with Crippen molar-refractivity contribution in [3.63, 3.8) is 0 Å². The number of urea groups is 1. The highest BCUT2D eigenvalue weighted by molar-refractivity contribution is 6.03. The van der Waals surface area contributed by atoms with E-state index in [1.165, 1.54) is 12.1 Å². The molecule has 11 heteroatoms. The number of pyridine rings is 1. The molecule has 1 aliphatic heterocycles. The Kier molecular flexibility index (Phi) is 8.34. The van der Waals surface area contributed by atoms with Crippen LogP contribution in [0.4, 0.5) is 32.2 Å². The molecule has 0 bridgehead atoms. The number of aryl methyl sites for hydroxylation is 1. The maximum atomic E-state index is 15.3. The highest BCUT2D eigenvalue weighted by Crippen LogP contribution is 2.39. The molecule has 1 aliphatic rings. The average Bonchev–Trinajstić information content (AvgIpc) is 3.42. The Hall–Kier alpha value is -5.24. The Morgan fingerprint density at radius 3 is 2.42 bits per heavy atom. The zero-order valence-electron chi connectivity index (χ0n) is 26.5. The van der Waals surface area contributed by atoms with Crippen molar-refractivity contribution in [2.75, 3.05) is 27.9 Å². The molecule has 0 saturated carbocycles. The second-order valence-corrected chi connectivity index (χ2v) is 12.6. The van der Waals surface area contributed by atoms with Crippen molar-refractivity contribution in [1.82, 2.24) is 14.8 Å². The summed E-state index contributed by atoms with van der Waals surface area (Å²) in [6.07, 6.45) is 0. The quantitative estimate of drug-likeness (QED) is 0.220. The fourth-order valence-corrected chi connectivity index (χ4v) is 5.41. The number of carbonyl (C=O) groups excluding carboxylic acids is 2. The van der Waals surface area contributed by atoms with Gasteiger partial charge >= 0.3 is 6.03 Å². The predicted molar refractivity (Wildman–Crippen MR) is 173 cm³/mol. The van der Waals surface area contributed by atoms with Crippen LogP contribution in [0, 0.1) is 30.0 Å². The lowest BCUT2D eigenvalue weighted by Crippen LogP contribution is -2.42. The van der Waals surface area contributed by atoms with Gasteiger partial charge in [0, 0.05) is 24.2 Å². The number of hydrogen-bond acceptors (Lipinski definition) is 6. The van der Waals surface area contributed by atoms with E-state index >= 15 is 4.39 Å². The lowest BCUT2D eigenvalue weighted by Gasteiger charge is -2.36. The molecule has 4 aromatic rings. The molecule has 0 aliphatic carbocycles. The van der Waals surface area contributed by atoms with Gasteiger partial charge in [-0.15, -0.1) is 0 Å². The summed E-state index contributed by atoms with van der Waals surface area (Å²) in [5, 5.41) is 22.3. The average molecular weight is 609 g/mol. The van der Waals surface area contributed by atoms with Gasteiger partial charge in [-0.05, 0) is 66.4 Å². The van der Waals surface area contributed by atoms with Gasteiger partial charge in [-0.3, -0.25) is 10.1 Å². The van der Waals surface area contributed by atoms with Crippen molar-refractivity contribution in [1.29, 1.82) is 5.26 Å². The number of hydrogen-bond donors (Lipinski definition) is 3. The summed E-state index contributed by atoms with van der Waals surface area (Å²) in [7, 11) is 1.78. The minimum absolute atomic E-state index is 0.0262. The van der Waals surface area contributed by atoms with Crippen LogP contribution in [0.5, 0.6) is 0 Å². The number of aromatic nitrogens is 3.